The van der Waals surface area contributed by atoms with E-state index in [1.165, 1.54) is 6.08 Å². The van der Waals surface area contributed by atoms with Crippen molar-refractivity contribution < 1.29 is 22.8 Å². The fourth-order valence-corrected chi connectivity index (χ4v) is 2.06. The second-order valence-electron chi connectivity index (χ2n) is 4.50. The van der Waals surface area contributed by atoms with Gasteiger partial charge in [0.1, 0.15) is 11.3 Å². The molecule has 120 valence electrons. The highest BCUT2D eigenvalue weighted by atomic mass is 32.1. The van der Waals surface area contributed by atoms with Crippen molar-refractivity contribution in [2.24, 2.45) is 0 Å². The molecule has 2 rings (SSSR count). The van der Waals surface area contributed by atoms with Crippen LogP contribution in [0.15, 0.2) is 36.6 Å². The van der Waals surface area contributed by atoms with E-state index in [1.807, 2.05) is 0 Å². The average molecular weight is 341 g/mol. The number of carbonyl (C=O) groups is 2. The molecule has 1 aliphatic rings. The van der Waals surface area contributed by atoms with Crippen LogP contribution in [0.1, 0.15) is 11.3 Å². The average Bonchev–Trinajstić information content (AvgIpc) is 2.47. The first-order valence-electron chi connectivity index (χ1n) is 6.27. The molecule has 0 bridgehead atoms. The number of halogens is 3. The second kappa shape index (κ2) is 6.29. The Morgan fingerprint density at radius 2 is 2.04 bits per heavy atom. The van der Waals surface area contributed by atoms with Crippen LogP contribution in [-0.4, -0.2) is 33.4 Å². The summed E-state index contributed by atoms with van der Waals surface area (Å²) in [4.78, 5) is 28.5. The Kier molecular flexibility index (Phi) is 4.60. The van der Waals surface area contributed by atoms with Crippen molar-refractivity contribution >= 4 is 35.2 Å². The summed E-state index contributed by atoms with van der Waals surface area (Å²) in [6.45, 7) is 3.58. The molecule has 0 aromatic carbocycles. The largest absolute Gasteiger partial charge is 0.433 e. The van der Waals surface area contributed by atoms with Gasteiger partial charge in [0.25, 0.3) is 11.8 Å². The predicted octanol–water partition coefficient (Wildman–Crippen LogP) is 1.91. The van der Waals surface area contributed by atoms with Gasteiger partial charge in [-0.1, -0.05) is 12.1 Å². The molecule has 5 nitrogen and oxygen atoms in total. The summed E-state index contributed by atoms with van der Waals surface area (Å²) in [6, 6.07) is 1.89. The summed E-state index contributed by atoms with van der Waals surface area (Å²) >= 11 is 4.88. The molecule has 1 saturated heterocycles. The number of hydrogen-bond acceptors (Lipinski definition) is 4. The fourth-order valence-electron chi connectivity index (χ4n) is 1.81. The van der Waals surface area contributed by atoms with Crippen molar-refractivity contribution in [3.05, 3.63) is 47.8 Å². The predicted molar refractivity (Wildman–Crippen MR) is 79.9 cm³/mol. The highest BCUT2D eigenvalue weighted by molar-refractivity contribution is 7.80. The Morgan fingerprint density at radius 3 is 2.57 bits per heavy atom. The highest BCUT2D eigenvalue weighted by Crippen LogP contribution is 2.27. The molecule has 1 N–H and O–H groups in total. The van der Waals surface area contributed by atoms with Crippen LogP contribution in [0.4, 0.5) is 13.2 Å². The number of pyridine rings is 1. The molecule has 0 atom stereocenters. The summed E-state index contributed by atoms with van der Waals surface area (Å²) in [5.41, 5.74) is -1.13. The second-order valence-corrected chi connectivity index (χ2v) is 4.88. The third-order valence-electron chi connectivity index (χ3n) is 2.89. The van der Waals surface area contributed by atoms with E-state index in [0.29, 0.717) is 0 Å². The quantitative estimate of drug-likeness (QED) is 0.395. The van der Waals surface area contributed by atoms with Crippen LogP contribution in [0, 0.1) is 0 Å². The minimum Gasteiger partial charge on any atom is -0.298 e. The molecule has 1 fully saturated rings. The van der Waals surface area contributed by atoms with Crippen LogP contribution < -0.4 is 5.32 Å². The number of carbonyl (C=O) groups excluding carboxylic acids is 2. The van der Waals surface area contributed by atoms with Crippen LogP contribution in [0.3, 0.4) is 0 Å². The van der Waals surface area contributed by atoms with Gasteiger partial charge in [0, 0.05) is 12.7 Å². The maximum atomic E-state index is 12.5. The molecule has 1 aromatic heterocycles. The zero-order chi connectivity index (χ0) is 17.2. The van der Waals surface area contributed by atoms with E-state index in [9.17, 15) is 22.8 Å². The van der Waals surface area contributed by atoms with Gasteiger partial charge >= 0.3 is 6.18 Å². The normalized spacial score (nSPS) is 17.4. The molecule has 0 saturated carbocycles. The van der Waals surface area contributed by atoms with Crippen LogP contribution in [0.5, 0.6) is 0 Å². The first-order valence-corrected chi connectivity index (χ1v) is 6.68. The summed E-state index contributed by atoms with van der Waals surface area (Å²) in [5, 5.41) is 2.28. The molecular weight excluding hydrogens is 331 g/mol. The lowest BCUT2D eigenvalue weighted by Crippen LogP contribution is -2.53. The van der Waals surface area contributed by atoms with Crippen LogP contribution >= 0.6 is 12.2 Å². The number of nitrogens with zero attached hydrogens (tertiary/aromatic N) is 2. The van der Waals surface area contributed by atoms with E-state index >= 15 is 0 Å². The van der Waals surface area contributed by atoms with Gasteiger partial charge in [0.2, 0.25) is 0 Å². The number of nitrogens with one attached hydrogen (secondary N) is 1. The van der Waals surface area contributed by atoms with Crippen molar-refractivity contribution in [1.29, 1.82) is 0 Å². The van der Waals surface area contributed by atoms with Crippen molar-refractivity contribution in [2.45, 2.75) is 6.18 Å². The summed E-state index contributed by atoms with van der Waals surface area (Å²) < 4.78 is 37.4. The van der Waals surface area contributed by atoms with E-state index < -0.39 is 23.7 Å². The minimum absolute atomic E-state index is 0.0532. The maximum absolute atomic E-state index is 12.5. The van der Waals surface area contributed by atoms with Gasteiger partial charge in [-0.25, -0.2) is 0 Å². The number of aromatic nitrogens is 1. The van der Waals surface area contributed by atoms with E-state index in [1.54, 1.807) is 0 Å². The molecule has 2 heterocycles. The van der Waals surface area contributed by atoms with Gasteiger partial charge in [-0.3, -0.25) is 24.8 Å². The van der Waals surface area contributed by atoms with Gasteiger partial charge in [0.15, 0.2) is 5.11 Å². The molecule has 2 amide bonds. The molecule has 0 unspecified atom stereocenters. The van der Waals surface area contributed by atoms with Gasteiger partial charge < -0.3 is 0 Å². The zero-order valence-corrected chi connectivity index (χ0v) is 12.4. The lowest BCUT2D eigenvalue weighted by molar-refractivity contribution is -0.141. The molecule has 0 radical (unpaired) electrons. The maximum Gasteiger partial charge on any atom is 0.433 e. The number of hydrogen-bond donors (Lipinski definition) is 1. The van der Waals surface area contributed by atoms with Crippen LogP contribution in [-0.2, 0) is 15.8 Å². The number of thiocarbonyl (C=S) groups is 1. The zero-order valence-electron chi connectivity index (χ0n) is 11.6. The monoisotopic (exact) mass is 341 g/mol. The lowest BCUT2D eigenvalue weighted by Gasteiger charge is -2.27. The third kappa shape index (κ3) is 3.62. The van der Waals surface area contributed by atoms with Gasteiger partial charge in [-0.2, -0.15) is 13.2 Å². The molecule has 0 spiro atoms. The molecule has 9 heteroatoms. The summed E-state index contributed by atoms with van der Waals surface area (Å²) in [7, 11) is 0. The van der Waals surface area contributed by atoms with E-state index in [2.05, 4.69) is 16.9 Å². The lowest BCUT2D eigenvalue weighted by atomic mass is 10.1. The highest BCUT2D eigenvalue weighted by Gasteiger charge is 2.33. The van der Waals surface area contributed by atoms with Crippen molar-refractivity contribution in [3.8, 4) is 0 Å². The number of alkyl halides is 3. The van der Waals surface area contributed by atoms with Gasteiger partial charge in [0.05, 0.1) is 0 Å². The van der Waals surface area contributed by atoms with Crippen molar-refractivity contribution in [2.75, 3.05) is 6.54 Å². The Morgan fingerprint density at radius 1 is 1.35 bits per heavy atom. The summed E-state index contributed by atoms with van der Waals surface area (Å²) in [5.74, 6) is -1.38. The van der Waals surface area contributed by atoms with E-state index in [-0.39, 0.29) is 22.8 Å². The van der Waals surface area contributed by atoms with Crippen LogP contribution in [0.25, 0.3) is 6.08 Å². The van der Waals surface area contributed by atoms with Crippen molar-refractivity contribution in [3.63, 3.8) is 0 Å². The third-order valence-corrected chi connectivity index (χ3v) is 3.21. The number of rotatable bonds is 3. The Bertz CT molecular complexity index is 711. The molecule has 1 aliphatic heterocycles. The standard InChI is InChI=1S/C14H10F3N3O2S/c1-2-5-20-12(22)9(11(21)19-13(20)23)6-8-3-4-10(18-7-8)14(15,16)17/h2-4,6-7H,1,5H2,(H,19,21,23)/b9-6+. The van der Waals surface area contributed by atoms with Crippen LogP contribution in [0.2, 0.25) is 0 Å². The van der Waals surface area contributed by atoms with E-state index in [0.717, 1.165) is 29.3 Å². The molecule has 23 heavy (non-hydrogen) atoms. The van der Waals surface area contributed by atoms with Gasteiger partial charge in [-0.05, 0) is 29.9 Å². The Balaban J connectivity index is 2.33. The minimum atomic E-state index is -4.56. The van der Waals surface area contributed by atoms with Crippen molar-refractivity contribution in [1.82, 2.24) is 15.2 Å². The first-order chi connectivity index (χ1) is 10.7. The van der Waals surface area contributed by atoms with E-state index in [4.69, 9.17) is 12.2 Å². The van der Waals surface area contributed by atoms with Gasteiger partial charge in [-0.15, -0.1) is 6.58 Å². The molecule has 1 aromatic rings. The molecular formula is C14H10F3N3O2S. The smallest absolute Gasteiger partial charge is 0.298 e. The Labute approximate surface area is 134 Å². The topological polar surface area (TPSA) is 62.3 Å². The first kappa shape index (κ1) is 16.8. The molecule has 0 aliphatic carbocycles. The summed E-state index contributed by atoms with van der Waals surface area (Å²) in [6.07, 6.45) is -1.04. The SMILES string of the molecule is C=CCN1C(=O)/C(=C/c2ccc(C(F)(F)F)nc2)C(=O)NC1=S. The fraction of sp³-hybridized carbons (Fsp3) is 0.143. The Hall–Kier alpha value is -2.55. The number of amides is 2.